The molecule has 0 saturated carbocycles. The summed E-state index contributed by atoms with van der Waals surface area (Å²) in [7, 11) is -3.09. The molecule has 8 nitrogen and oxygen atoms in total. The summed E-state index contributed by atoms with van der Waals surface area (Å²) in [5.74, 6) is 0.299. The van der Waals surface area contributed by atoms with Gasteiger partial charge in [-0.15, -0.1) is 5.10 Å². The molecule has 2 aromatic rings. The summed E-state index contributed by atoms with van der Waals surface area (Å²) in [4.78, 5) is 3.77. The maximum Gasteiger partial charge on any atom is 0.238 e. The van der Waals surface area contributed by atoms with Gasteiger partial charge in [0, 0.05) is 18.8 Å². The van der Waals surface area contributed by atoms with E-state index >= 15 is 0 Å². The number of nitrogens with two attached hydrogens (primary N) is 1. The van der Waals surface area contributed by atoms with Crippen molar-refractivity contribution >= 4 is 21.5 Å². The van der Waals surface area contributed by atoms with E-state index in [0.717, 1.165) is 18.5 Å². The molecule has 26 heavy (non-hydrogen) atoms. The van der Waals surface area contributed by atoms with Crippen molar-refractivity contribution < 1.29 is 17.9 Å². The fourth-order valence-electron chi connectivity index (χ4n) is 2.81. The van der Waals surface area contributed by atoms with Gasteiger partial charge in [-0.05, 0) is 31.2 Å². The molecule has 0 bridgehead atoms. The van der Waals surface area contributed by atoms with Crippen LogP contribution < -0.4 is 5.73 Å². The molecule has 3 heterocycles. The Labute approximate surface area is 152 Å². The van der Waals surface area contributed by atoms with Crippen molar-refractivity contribution in [1.29, 1.82) is 0 Å². The second-order valence-electron chi connectivity index (χ2n) is 6.91. The van der Waals surface area contributed by atoms with Gasteiger partial charge >= 0.3 is 0 Å². The molecule has 1 fully saturated rings. The third-order valence-corrected chi connectivity index (χ3v) is 5.28. The average molecular weight is 387 g/mol. The minimum absolute atomic E-state index is 0.156. The number of piperidine rings is 1. The maximum absolute atomic E-state index is 13.4. The third-order valence-electron chi connectivity index (χ3n) is 4.01. The number of aromatic nitrogens is 3. The SMILES string of the molecule is CC(C)Cc1cc(F)c2cnc(N)nn12.CS(=O)(=O)N1CCCC(O)C1. The van der Waals surface area contributed by atoms with E-state index in [1.807, 2.05) is 0 Å². The van der Waals surface area contributed by atoms with Crippen LogP contribution in [0.5, 0.6) is 0 Å². The summed E-state index contributed by atoms with van der Waals surface area (Å²) in [6.45, 7) is 4.96. The zero-order valence-electron chi connectivity index (χ0n) is 15.3. The molecule has 1 aliphatic rings. The van der Waals surface area contributed by atoms with E-state index < -0.39 is 16.1 Å². The van der Waals surface area contributed by atoms with Gasteiger partial charge in [0.05, 0.1) is 18.6 Å². The molecule has 2 aromatic heterocycles. The van der Waals surface area contributed by atoms with Crippen molar-refractivity contribution in [1.82, 2.24) is 18.9 Å². The first-order valence-electron chi connectivity index (χ1n) is 8.49. The second kappa shape index (κ2) is 8.28. The van der Waals surface area contributed by atoms with Gasteiger partial charge in [0.25, 0.3) is 0 Å². The topological polar surface area (TPSA) is 114 Å². The van der Waals surface area contributed by atoms with E-state index in [1.165, 1.54) is 27.3 Å². The molecule has 1 unspecified atom stereocenters. The molecule has 1 atom stereocenters. The molecule has 146 valence electrons. The Bertz CT molecular complexity index is 853. The smallest absolute Gasteiger partial charge is 0.238 e. The Balaban J connectivity index is 0.000000197. The molecule has 0 aromatic carbocycles. The Hall–Kier alpha value is -1.78. The summed E-state index contributed by atoms with van der Waals surface area (Å²) >= 11 is 0. The normalized spacial score (nSPS) is 18.8. The molecule has 1 aliphatic heterocycles. The molecule has 3 rings (SSSR count). The summed E-state index contributed by atoms with van der Waals surface area (Å²) < 4.78 is 38.2. The molecule has 0 radical (unpaired) electrons. The van der Waals surface area contributed by atoms with Gasteiger partial charge in [-0.1, -0.05) is 13.8 Å². The number of aliphatic hydroxyl groups excluding tert-OH is 1. The van der Waals surface area contributed by atoms with Gasteiger partial charge < -0.3 is 10.8 Å². The Kier molecular flexibility index (Phi) is 6.53. The van der Waals surface area contributed by atoms with Crippen LogP contribution in [0.2, 0.25) is 0 Å². The molecule has 1 saturated heterocycles. The van der Waals surface area contributed by atoms with Crippen molar-refractivity contribution in [2.45, 2.75) is 39.2 Å². The average Bonchev–Trinajstić information content (AvgIpc) is 2.82. The van der Waals surface area contributed by atoms with Crippen LogP contribution in [0, 0.1) is 11.7 Å². The van der Waals surface area contributed by atoms with Gasteiger partial charge in [-0.2, -0.15) is 4.31 Å². The largest absolute Gasteiger partial charge is 0.392 e. The van der Waals surface area contributed by atoms with Crippen molar-refractivity contribution in [2.75, 3.05) is 25.1 Å². The van der Waals surface area contributed by atoms with Crippen LogP contribution in [0.15, 0.2) is 12.3 Å². The highest BCUT2D eigenvalue weighted by atomic mass is 32.2. The quantitative estimate of drug-likeness (QED) is 0.814. The van der Waals surface area contributed by atoms with Crippen molar-refractivity contribution in [3.63, 3.8) is 0 Å². The minimum Gasteiger partial charge on any atom is -0.392 e. The van der Waals surface area contributed by atoms with Crippen LogP contribution in [-0.2, 0) is 16.4 Å². The predicted octanol–water partition coefficient (Wildman–Crippen LogP) is 1.05. The zero-order valence-corrected chi connectivity index (χ0v) is 16.1. The molecule has 0 spiro atoms. The number of halogens is 1. The Morgan fingerprint density at radius 2 is 2.15 bits per heavy atom. The number of fused-ring (bicyclic) bond motifs is 1. The Morgan fingerprint density at radius 3 is 2.69 bits per heavy atom. The van der Waals surface area contributed by atoms with Gasteiger partial charge in [0.2, 0.25) is 16.0 Å². The van der Waals surface area contributed by atoms with E-state index in [4.69, 9.17) is 10.8 Å². The lowest BCUT2D eigenvalue weighted by Gasteiger charge is -2.27. The first kappa shape index (κ1) is 20.5. The van der Waals surface area contributed by atoms with E-state index in [9.17, 15) is 12.8 Å². The lowest BCUT2D eigenvalue weighted by atomic mass is 10.1. The highest BCUT2D eigenvalue weighted by Gasteiger charge is 2.23. The van der Waals surface area contributed by atoms with Crippen LogP contribution in [0.3, 0.4) is 0 Å². The van der Waals surface area contributed by atoms with Crippen LogP contribution in [0.1, 0.15) is 32.4 Å². The van der Waals surface area contributed by atoms with Crippen molar-refractivity contribution in [3.05, 3.63) is 23.8 Å². The van der Waals surface area contributed by atoms with Gasteiger partial charge in [-0.3, -0.25) is 0 Å². The molecule has 0 amide bonds. The van der Waals surface area contributed by atoms with E-state index in [0.29, 0.717) is 24.4 Å². The maximum atomic E-state index is 13.4. The number of aliphatic hydroxyl groups is 1. The fourth-order valence-corrected chi connectivity index (χ4v) is 3.72. The lowest BCUT2D eigenvalue weighted by Crippen LogP contribution is -2.41. The Morgan fingerprint density at radius 1 is 1.46 bits per heavy atom. The first-order valence-corrected chi connectivity index (χ1v) is 10.3. The van der Waals surface area contributed by atoms with Crippen LogP contribution in [0.4, 0.5) is 10.3 Å². The summed E-state index contributed by atoms with van der Waals surface area (Å²) in [6, 6.07) is 1.49. The molecule has 0 aliphatic carbocycles. The van der Waals surface area contributed by atoms with Gasteiger partial charge in [0.15, 0.2) is 5.82 Å². The highest BCUT2D eigenvalue weighted by molar-refractivity contribution is 7.88. The summed E-state index contributed by atoms with van der Waals surface area (Å²) in [5.41, 5.74) is 6.67. The van der Waals surface area contributed by atoms with Crippen LogP contribution >= 0.6 is 0 Å². The summed E-state index contributed by atoms with van der Waals surface area (Å²) in [5, 5.41) is 13.1. The molecular weight excluding hydrogens is 361 g/mol. The third kappa shape index (κ3) is 5.36. The second-order valence-corrected chi connectivity index (χ2v) is 8.89. The van der Waals surface area contributed by atoms with Crippen molar-refractivity contribution in [2.24, 2.45) is 5.92 Å². The monoisotopic (exact) mass is 387 g/mol. The number of β-amino-alcohol motifs (C(OH)–C–C–N with tert-alkyl or cyclic N) is 1. The highest BCUT2D eigenvalue weighted by Crippen LogP contribution is 2.17. The predicted molar refractivity (Wildman–Crippen MR) is 97.6 cm³/mol. The number of nitrogens with zero attached hydrogens (tertiary/aromatic N) is 4. The first-order chi connectivity index (χ1) is 12.1. The lowest BCUT2D eigenvalue weighted by molar-refractivity contribution is 0.108. The number of rotatable bonds is 3. The zero-order chi connectivity index (χ0) is 19.5. The van der Waals surface area contributed by atoms with E-state index in [2.05, 4.69) is 23.9 Å². The number of hydrogen-bond donors (Lipinski definition) is 2. The van der Waals surface area contributed by atoms with Crippen LogP contribution in [-0.4, -0.2) is 57.9 Å². The standard InChI is InChI=1S/C10H13FN4.C6H13NO3S/c1-6(2)3-7-4-8(11)9-5-13-10(12)14-15(7)9;1-11(9,10)7-4-2-3-6(8)5-7/h4-6H,3H2,1-2H3,(H2,12,14);6,8H,2-5H2,1H3. The van der Waals surface area contributed by atoms with E-state index in [1.54, 1.807) is 0 Å². The van der Waals surface area contributed by atoms with Crippen LogP contribution in [0.25, 0.3) is 5.52 Å². The molecule has 3 N–H and O–H groups in total. The van der Waals surface area contributed by atoms with E-state index in [-0.39, 0.29) is 18.3 Å². The molecular formula is C16H26FN5O3S. The number of nitrogen functional groups attached to an aromatic ring is 1. The molecule has 10 heteroatoms. The van der Waals surface area contributed by atoms with Gasteiger partial charge in [0.1, 0.15) is 5.52 Å². The van der Waals surface area contributed by atoms with Crippen molar-refractivity contribution in [3.8, 4) is 0 Å². The van der Waals surface area contributed by atoms with Gasteiger partial charge in [-0.25, -0.2) is 22.3 Å². The minimum atomic E-state index is -3.09. The number of anilines is 1. The number of sulfonamides is 1. The number of hydrogen-bond acceptors (Lipinski definition) is 6. The fraction of sp³-hybridized carbons (Fsp3) is 0.625. The summed E-state index contributed by atoms with van der Waals surface area (Å²) in [6.07, 6.45) is 4.34.